The summed E-state index contributed by atoms with van der Waals surface area (Å²) >= 11 is 0. The lowest BCUT2D eigenvalue weighted by Crippen LogP contribution is -3.09. The summed E-state index contributed by atoms with van der Waals surface area (Å²) in [5.74, 6) is 0.100. The van der Waals surface area contributed by atoms with Crippen molar-refractivity contribution in [3.63, 3.8) is 0 Å². The Hall–Kier alpha value is -2.87. The first kappa shape index (κ1) is 23.4. The predicted molar refractivity (Wildman–Crippen MR) is 120 cm³/mol. The van der Waals surface area contributed by atoms with Gasteiger partial charge in [-0.15, -0.1) is 0 Å². The van der Waals surface area contributed by atoms with Crippen molar-refractivity contribution in [2.75, 3.05) is 30.8 Å². The maximum Gasteiger partial charge on any atom is 0.330 e. The topological polar surface area (TPSA) is 106 Å². The van der Waals surface area contributed by atoms with Crippen LogP contribution in [0.1, 0.15) is 33.3 Å². The molecule has 1 aromatic carbocycles. The lowest BCUT2D eigenvalue weighted by molar-refractivity contribution is -0.885. The second-order valence-electron chi connectivity index (χ2n) is 8.69. The number of carbonyl (C=O) groups excluding carboxylic acids is 1. The number of benzene rings is 1. The highest BCUT2D eigenvalue weighted by Crippen LogP contribution is 2.19. The third-order valence-electron chi connectivity index (χ3n) is 4.68. The van der Waals surface area contributed by atoms with Crippen molar-refractivity contribution in [3.05, 3.63) is 56.7 Å². The highest BCUT2D eigenvalue weighted by Gasteiger charge is 2.27. The summed E-state index contributed by atoms with van der Waals surface area (Å²) in [6.07, 6.45) is 0. The number of hydrogen-bond acceptors (Lipinski definition) is 4. The molecule has 4 N–H and O–H groups in total. The standard InChI is InChI=1S/C22H33N5O3/c1-15(2)11-26(18(28)14-25(5)13-17-9-7-6-8-10-17)19-20(23)27(12-16(3)4)22(30)24-21(19)29/h6-10,15-16H,11-14,23H2,1-5H3,(H,24,29,30)/p+1. The van der Waals surface area contributed by atoms with Gasteiger partial charge < -0.3 is 10.6 Å². The zero-order valence-corrected chi connectivity index (χ0v) is 18.6. The molecule has 2 rings (SSSR count). The monoisotopic (exact) mass is 416 g/mol. The lowest BCUT2D eigenvalue weighted by Gasteiger charge is -2.27. The molecule has 1 unspecified atom stereocenters. The summed E-state index contributed by atoms with van der Waals surface area (Å²) in [6, 6.07) is 9.92. The number of nitrogen functional groups attached to an aromatic ring is 1. The number of anilines is 2. The quantitative estimate of drug-likeness (QED) is 0.553. The zero-order valence-electron chi connectivity index (χ0n) is 18.6. The Bertz CT molecular complexity index is 963. The summed E-state index contributed by atoms with van der Waals surface area (Å²) in [7, 11) is 1.94. The number of aromatic nitrogens is 2. The molecule has 0 spiro atoms. The molecule has 0 aliphatic heterocycles. The van der Waals surface area contributed by atoms with Crippen LogP contribution in [0.15, 0.2) is 39.9 Å². The fraction of sp³-hybridized carbons (Fsp3) is 0.500. The number of aromatic amines is 1. The molecular formula is C22H34N5O3+. The van der Waals surface area contributed by atoms with E-state index < -0.39 is 11.2 Å². The summed E-state index contributed by atoms with van der Waals surface area (Å²) < 4.78 is 1.34. The molecule has 0 radical (unpaired) electrons. The van der Waals surface area contributed by atoms with Crippen LogP contribution in [-0.4, -0.2) is 35.6 Å². The van der Waals surface area contributed by atoms with Gasteiger partial charge >= 0.3 is 5.69 Å². The van der Waals surface area contributed by atoms with Crippen molar-refractivity contribution in [1.29, 1.82) is 0 Å². The molecule has 8 nitrogen and oxygen atoms in total. The Labute approximate surface area is 177 Å². The first-order valence-electron chi connectivity index (χ1n) is 10.4. The van der Waals surface area contributed by atoms with Crippen molar-refractivity contribution >= 4 is 17.4 Å². The second kappa shape index (κ2) is 10.2. The second-order valence-corrected chi connectivity index (χ2v) is 8.69. The lowest BCUT2D eigenvalue weighted by atomic mass is 10.2. The van der Waals surface area contributed by atoms with Crippen LogP contribution in [0.3, 0.4) is 0 Å². The largest absolute Gasteiger partial charge is 0.383 e. The van der Waals surface area contributed by atoms with Gasteiger partial charge in [0.15, 0.2) is 12.2 Å². The molecule has 1 aromatic heterocycles. The molecule has 1 atom stereocenters. The van der Waals surface area contributed by atoms with E-state index in [4.69, 9.17) is 5.73 Å². The summed E-state index contributed by atoms with van der Waals surface area (Å²) in [5.41, 5.74) is 6.24. The molecule has 164 valence electrons. The van der Waals surface area contributed by atoms with Crippen LogP contribution in [0, 0.1) is 11.8 Å². The summed E-state index contributed by atoms with van der Waals surface area (Å²) in [6.45, 7) is 9.42. The van der Waals surface area contributed by atoms with Crippen LogP contribution in [0.25, 0.3) is 0 Å². The molecule has 0 fully saturated rings. The Kier molecular flexibility index (Phi) is 8.00. The van der Waals surface area contributed by atoms with Crippen LogP contribution < -0.4 is 26.8 Å². The molecule has 8 heteroatoms. The van der Waals surface area contributed by atoms with Gasteiger partial charge in [0.1, 0.15) is 12.4 Å². The molecule has 1 amide bonds. The van der Waals surface area contributed by atoms with Gasteiger partial charge in [0.05, 0.1) is 7.05 Å². The maximum absolute atomic E-state index is 13.2. The van der Waals surface area contributed by atoms with Crippen LogP contribution >= 0.6 is 0 Å². The van der Waals surface area contributed by atoms with Crippen molar-refractivity contribution in [2.24, 2.45) is 11.8 Å². The number of nitrogens with one attached hydrogen (secondary N) is 2. The number of likely N-dealkylation sites (N-methyl/N-ethyl adjacent to an activating group) is 1. The molecule has 1 heterocycles. The fourth-order valence-electron chi connectivity index (χ4n) is 3.43. The van der Waals surface area contributed by atoms with E-state index in [1.54, 1.807) is 0 Å². The predicted octanol–water partition coefficient (Wildman–Crippen LogP) is 0.479. The molecule has 0 bridgehead atoms. The maximum atomic E-state index is 13.2. The molecular weight excluding hydrogens is 382 g/mol. The van der Waals surface area contributed by atoms with E-state index in [9.17, 15) is 14.4 Å². The number of nitrogens with zero attached hydrogens (tertiary/aromatic N) is 2. The smallest absolute Gasteiger partial charge is 0.330 e. The van der Waals surface area contributed by atoms with Crippen molar-refractivity contribution in [3.8, 4) is 0 Å². The van der Waals surface area contributed by atoms with Gasteiger partial charge in [0.2, 0.25) is 0 Å². The van der Waals surface area contributed by atoms with Gasteiger partial charge in [0, 0.05) is 18.7 Å². The molecule has 0 saturated heterocycles. The van der Waals surface area contributed by atoms with Crippen LogP contribution in [-0.2, 0) is 17.9 Å². The van der Waals surface area contributed by atoms with Crippen LogP contribution in [0.5, 0.6) is 0 Å². The van der Waals surface area contributed by atoms with Gasteiger partial charge in [-0.1, -0.05) is 58.0 Å². The number of quaternary nitrogens is 1. The van der Waals surface area contributed by atoms with E-state index in [1.165, 1.54) is 9.47 Å². The average Bonchev–Trinajstić information content (AvgIpc) is 2.64. The highest BCUT2D eigenvalue weighted by atomic mass is 16.2. The molecule has 0 aliphatic carbocycles. The number of carbonyl (C=O) groups is 1. The van der Waals surface area contributed by atoms with E-state index in [0.717, 1.165) is 10.5 Å². The third kappa shape index (κ3) is 6.06. The zero-order chi connectivity index (χ0) is 22.4. The van der Waals surface area contributed by atoms with Gasteiger partial charge in [-0.05, 0) is 11.8 Å². The van der Waals surface area contributed by atoms with Crippen molar-refractivity contribution in [1.82, 2.24) is 9.55 Å². The molecule has 0 saturated carbocycles. The van der Waals surface area contributed by atoms with Gasteiger partial charge in [-0.25, -0.2) is 4.79 Å². The first-order chi connectivity index (χ1) is 14.1. The fourth-order valence-corrected chi connectivity index (χ4v) is 3.43. The SMILES string of the molecule is CC(C)CN(C(=O)C[NH+](C)Cc1ccccc1)c1c(N)n(CC(C)C)c(=O)[nH]c1=O. The van der Waals surface area contributed by atoms with Gasteiger partial charge in [0.25, 0.3) is 11.5 Å². The number of H-pyrrole nitrogens is 1. The number of hydrogen-bond donors (Lipinski definition) is 3. The number of rotatable bonds is 9. The average molecular weight is 417 g/mol. The van der Waals surface area contributed by atoms with Gasteiger partial charge in [-0.3, -0.25) is 24.0 Å². The Morgan fingerprint density at radius 1 is 1.13 bits per heavy atom. The van der Waals surface area contributed by atoms with Crippen molar-refractivity contribution < 1.29 is 9.69 Å². The number of nitrogens with two attached hydrogens (primary N) is 1. The van der Waals surface area contributed by atoms with E-state index in [-0.39, 0.29) is 35.8 Å². The molecule has 0 aliphatic rings. The van der Waals surface area contributed by atoms with Crippen LogP contribution in [0.4, 0.5) is 11.5 Å². The van der Waals surface area contributed by atoms with E-state index >= 15 is 0 Å². The Balaban J connectivity index is 2.36. The van der Waals surface area contributed by atoms with E-state index in [2.05, 4.69) is 4.98 Å². The van der Waals surface area contributed by atoms with Gasteiger partial charge in [-0.2, -0.15) is 0 Å². The van der Waals surface area contributed by atoms with E-state index in [0.29, 0.717) is 19.6 Å². The Morgan fingerprint density at radius 3 is 2.33 bits per heavy atom. The summed E-state index contributed by atoms with van der Waals surface area (Å²) in [4.78, 5) is 42.9. The van der Waals surface area contributed by atoms with E-state index in [1.807, 2.05) is 65.1 Å². The first-order valence-corrected chi connectivity index (χ1v) is 10.4. The minimum atomic E-state index is -0.632. The number of amides is 1. The van der Waals surface area contributed by atoms with Crippen molar-refractivity contribution in [2.45, 2.75) is 40.8 Å². The Morgan fingerprint density at radius 2 is 1.77 bits per heavy atom. The minimum Gasteiger partial charge on any atom is -0.383 e. The molecule has 2 aromatic rings. The summed E-state index contributed by atoms with van der Waals surface area (Å²) in [5, 5.41) is 0. The van der Waals surface area contributed by atoms with Crippen LogP contribution in [0.2, 0.25) is 0 Å². The normalized spacial score (nSPS) is 12.4. The third-order valence-corrected chi connectivity index (χ3v) is 4.68. The minimum absolute atomic E-state index is 0.0344. The molecule has 30 heavy (non-hydrogen) atoms. The highest BCUT2D eigenvalue weighted by molar-refractivity contribution is 5.96.